The van der Waals surface area contributed by atoms with Gasteiger partial charge in [0.15, 0.2) is 0 Å². The Labute approximate surface area is 138 Å². The van der Waals surface area contributed by atoms with E-state index in [9.17, 15) is 37.8 Å². The van der Waals surface area contributed by atoms with Crippen molar-refractivity contribution in [2.45, 2.75) is 6.18 Å². The van der Waals surface area contributed by atoms with Crippen LogP contribution in [0.3, 0.4) is 0 Å². The van der Waals surface area contributed by atoms with E-state index in [-0.39, 0.29) is 4.90 Å². The number of alkyl halides is 3. The number of carbonyl (C=O) groups excluding carboxylic acids is 1. The number of carboxylic acids is 2. The number of benzene rings is 2. The van der Waals surface area contributed by atoms with Gasteiger partial charge in [-0.2, -0.15) is 13.2 Å². The standard InChI is InChI=1S/C16H10F3NO5/c17-16(18,19)15(25)20(11-7-3-1-5-9(11)13(21)22)12-8-4-2-6-10(12)14(23)24/h1-8H,(H,21,22)(H,23,24). The topological polar surface area (TPSA) is 94.9 Å². The number of anilines is 2. The average molecular weight is 353 g/mol. The molecule has 9 heteroatoms. The minimum Gasteiger partial charge on any atom is -0.478 e. The van der Waals surface area contributed by atoms with Crippen LogP contribution in [0.1, 0.15) is 20.7 Å². The molecule has 0 fully saturated rings. The Morgan fingerprint density at radius 3 is 1.44 bits per heavy atom. The Hall–Kier alpha value is -3.36. The molecule has 0 saturated carbocycles. The molecule has 0 atom stereocenters. The summed E-state index contributed by atoms with van der Waals surface area (Å²) in [6.07, 6.45) is -5.35. The maximum absolute atomic E-state index is 13.1. The van der Waals surface area contributed by atoms with E-state index in [4.69, 9.17) is 0 Å². The van der Waals surface area contributed by atoms with E-state index in [1.165, 1.54) is 24.3 Å². The van der Waals surface area contributed by atoms with E-state index in [1.807, 2.05) is 0 Å². The van der Waals surface area contributed by atoms with Gasteiger partial charge in [-0.3, -0.25) is 9.69 Å². The van der Waals surface area contributed by atoms with Crippen LogP contribution in [0.15, 0.2) is 48.5 Å². The van der Waals surface area contributed by atoms with Crippen molar-refractivity contribution >= 4 is 29.2 Å². The number of hydrogen-bond acceptors (Lipinski definition) is 3. The third-order valence-electron chi connectivity index (χ3n) is 3.20. The smallest absolute Gasteiger partial charge is 0.472 e. The van der Waals surface area contributed by atoms with E-state index in [0.717, 1.165) is 24.3 Å². The molecule has 0 spiro atoms. The van der Waals surface area contributed by atoms with Crippen molar-refractivity contribution in [3.05, 3.63) is 59.7 Å². The highest BCUT2D eigenvalue weighted by Crippen LogP contribution is 2.35. The SMILES string of the molecule is O=C(O)c1ccccc1N(C(=O)C(F)(F)F)c1ccccc1C(=O)O. The van der Waals surface area contributed by atoms with Gasteiger partial charge < -0.3 is 10.2 Å². The van der Waals surface area contributed by atoms with Gasteiger partial charge in [-0.1, -0.05) is 24.3 Å². The summed E-state index contributed by atoms with van der Waals surface area (Å²) in [4.78, 5) is 34.6. The molecule has 2 aromatic rings. The van der Waals surface area contributed by atoms with Gasteiger partial charge in [0.05, 0.1) is 22.5 Å². The van der Waals surface area contributed by atoms with E-state index in [1.54, 1.807) is 0 Å². The molecule has 25 heavy (non-hydrogen) atoms. The van der Waals surface area contributed by atoms with Crippen LogP contribution in [0.2, 0.25) is 0 Å². The molecule has 6 nitrogen and oxygen atoms in total. The van der Waals surface area contributed by atoms with E-state index < -0.39 is 46.5 Å². The largest absolute Gasteiger partial charge is 0.478 e. The Morgan fingerprint density at radius 1 is 0.760 bits per heavy atom. The molecular formula is C16H10F3NO5. The lowest BCUT2D eigenvalue weighted by Gasteiger charge is -2.26. The maximum Gasteiger partial charge on any atom is 0.472 e. The molecule has 0 aliphatic carbocycles. The molecule has 0 aromatic heterocycles. The summed E-state index contributed by atoms with van der Waals surface area (Å²) >= 11 is 0. The number of rotatable bonds is 4. The van der Waals surface area contributed by atoms with Gasteiger partial charge in [-0.25, -0.2) is 9.59 Å². The number of para-hydroxylation sites is 2. The monoisotopic (exact) mass is 353 g/mol. The van der Waals surface area contributed by atoms with Crippen molar-refractivity contribution in [1.29, 1.82) is 0 Å². The van der Waals surface area contributed by atoms with Crippen molar-refractivity contribution in [2.24, 2.45) is 0 Å². The van der Waals surface area contributed by atoms with Crippen molar-refractivity contribution in [1.82, 2.24) is 0 Å². The van der Waals surface area contributed by atoms with Gasteiger partial charge >= 0.3 is 24.0 Å². The third kappa shape index (κ3) is 3.60. The maximum atomic E-state index is 13.1. The Kier molecular flexibility index (Phi) is 4.77. The van der Waals surface area contributed by atoms with Gasteiger partial charge in [0, 0.05) is 0 Å². The second-order valence-corrected chi connectivity index (χ2v) is 4.78. The Bertz CT molecular complexity index is 790. The number of hydrogen-bond donors (Lipinski definition) is 2. The number of aromatic carboxylic acids is 2. The van der Waals surface area contributed by atoms with Crippen LogP contribution in [0.5, 0.6) is 0 Å². The van der Waals surface area contributed by atoms with Crippen molar-refractivity contribution < 1.29 is 37.8 Å². The number of halogens is 3. The summed E-state index contributed by atoms with van der Waals surface area (Å²) in [5.74, 6) is -5.54. The average Bonchev–Trinajstić information content (AvgIpc) is 2.54. The molecule has 130 valence electrons. The molecule has 0 unspecified atom stereocenters. The fourth-order valence-corrected chi connectivity index (χ4v) is 2.17. The highest BCUT2D eigenvalue weighted by atomic mass is 19.4. The molecule has 0 heterocycles. The second-order valence-electron chi connectivity index (χ2n) is 4.78. The summed E-state index contributed by atoms with van der Waals surface area (Å²) in [5.41, 5.74) is -2.35. The number of carboxylic acid groups (broad SMARTS) is 2. The lowest BCUT2D eigenvalue weighted by atomic mass is 10.1. The first-order valence-electron chi connectivity index (χ1n) is 6.70. The molecular weight excluding hydrogens is 343 g/mol. The summed E-state index contributed by atoms with van der Waals surface area (Å²) in [5, 5.41) is 18.4. The molecule has 2 N–H and O–H groups in total. The summed E-state index contributed by atoms with van der Waals surface area (Å²) in [6.45, 7) is 0. The highest BCUT2D eigenvalue weighted by molar-refractivity contribution is 6.11. The first kappa shape index (κ1) is 18.0. The lowest BCUT2D eigenvalue weighted by Crippen LogP contribution is -2.39. The second kappa shape index (κ2) is 6.63. The minimum absolute atomic E-state index is 0.0485. The molecule has 0 saturated heterocycles. The van der Waals surface area contributed by atoms with E-state index in [0.29, 0.717) is 0 Å². The van der Waals surface area contributed by atoms with Crippen LogP contribution in [-0.4, -0.2) is 34.2 Å². The van der Waals surface area contributed by atoms with Gasteiger partial charge in [0.2, 0.25) is 0 Å². The van der Waals surface area contributed by atoms with Crippen LogP contribution in [0.25, 0.3) is 0 Å². The molecule has 0 radical (unpaired) electrons. The predicted molar refractivity (Wildman–Crippen MR) is 80.0 cm³/mol. The zero-order chi connectivity index (χ0) is 18.8. The first-order valence-corrected chi connectivity index (χ1v) is 6.70. The minimum atomic E-state index is -5.35. The quantitative estimate of drug-likeness (QED) is 0.879. The van der Waals surface area contributed by atoms with E-state index in [2.05, 4.69) is 0 Å². The molecule has 2 aromatic carbocycles. The molecule has 2 rings (SSSR count). The predicted octanol–water partition coefficient (Wildman–Crippen LogP) is 3.31. The summed E-state index contributed by atoms with van der Waals surface area (Å²) < 4.78 is 39.2. The number of nitrogens with zero attached hydrogens (tertiary/aromatic N) is 1. The third-order valence-corrected chi connectivity index (χ3v) is 3.20. The van der Waals surface area contributed by atoms with Crippen molar-refractivity contribution in [3.8, 4) is 0 Å². The van der Waals surface area contributed by atoms with Crippen LogP contribution < -0.4 is 4.90 Å². The zero-order valence-corrected chi connectivity index (χ0v) is 12.3. The number of amides is 1. The first-order chi connectivity index (χ1) is 11.6. The molecule has 0 aliphatic heterocycles. The van der Waals surface area contributed by atoms with Gasteiger partial charge in [-0.05, 0) is 24.3 Å². The van der Waals surface area contributed by atoms with Gasteiger partial charge in [-0.15, -0.1) is 0 Å². The van der Waals surface area contributed by atoms with Gasteiger partial charge in [0.25, 0.3) is 0 Å². The summed E-state index contributed by atoms with van der Waals surface area (Å²) in [7, 11) is 0. The van der Waals surface area contributed by atoms with Crippen LogP contribution in [0, 0.1) is 0 Å². The molecule has 0 bridgehead atoms. The fourth-order valence-electron chi connectivity index (χ4n) is 2.17. The van der Waals surface area contributed by atoms with Gasteiger partial charge in [0.1, 0.15) is 0 Å². The fraction of sp³-hybridized carbons (Fsp3) is 0.0625. The van der Waals surface area contributed by atoms with Crippen molar-refractivity contribution in [3.63, 3.8) is 0 Å². The van der Waals surface area contributed by atoms with Crippen LogP contribution >= 0.6 is 0 Å². The number of carbonyl (C=O) groups is 3. The van der Waals surface area contributed by atoms with Crippen LogP contribution in [-0.2, 0) is 4.79 Å². The molecule has 0 aliphatic rings. The van der Waals surface area contributed by atoms with E-state index >= 15 is 0 Å². The van der Waals surface area contributed by atoms with Crippen LogP contribution in [0.4, 0.5) is 24.5 Å². The summed E-state index contributed by atoms with van der Waals surface area (Å²) in [6, 6.07) is 9.02. The zero-order valence-electron chi connectivity index (χ0n) is 12.3. The lowest BCUT2D eigenvalue weighted by molar-refractivity contribution is -0.169. The normalized spacial score (nSPS) is 11.0. The van der Waals surface area contributed by atoms with Crippen molar-refractivity contribution in [2.75, 3.05) is 4.90 Å². The molecule has 1 amide bonds. The Morgan fingerprint density at radius 2 is 1.12 bits per heavy atom. The highest BCUT2D eigenvalue weighted by Gasteiger charge is 2.45. The Balaban J connectivity index is 2.80.